The molecule has 5 heterocycles. The number of rotatable bonds is 8. The minimum Gasteiger partial charge on any atom is -0.496 e. The molecule has 0 radical (unpaired) electrons. The van der Waals surface area contributed by atoms with Crippen molar-refractivity contribution in [3.05, 3.63) is 59.6 Å². The van der Waals surface area contributed by atoms with Crippen molar-refractivity contribution in [2.45, 2.75) is 44.3 Å². The number of aromatic nitrogens is 5. The lowest BCUT2D eigenvalue weighted by Crippen LogP contribution is -2.44. The predicted octanol–water partition coefficient (Wildman–Crippen LogP) is 2.78. The molecule has 206 valence electrons. The Balaban J connectivity index is 1.32. The number of hydrogen-bond donors (Lipinski definition) is 2. The van der Waals surface area contributed by atoms with Crippen molar-refractivity contribution in [1.29, 1.82) is 0 Å². The van der Waals surface area contributed by atoms with Gasteiger partial charge >= 0.3 is 0 Å². The molecule has 2 aliphatic rings. The molecule has 2 aliphatic heterocycles. The van der Waals surface area contributed by atoms with Crippen LogP contribution in [0.4, 0.5) is 5.69 Å². The molecular weight excluding hydrogens is 536 g/mol. The zero-order valence-electron chi connectivity index (χ0n) is 21.7. The fourth-order valence-electron chi connectivity index (χ4n) is 5.35. The van der Waals surface area contributed by atoms with Crippen LogP contribution in [0.1, 0.15) is 36.0 Å². The first-order valence-electron chi connectivity index (χ1n) is 13.0. The average Bonchev–Trinajstić information content (AvgIpc) is 3.73. The second kappa shape index (κ2) is 10.6. The van der Waals surface area contributed by atoms with Crippen molar-refractivity contribution >= 4 is 40.7 Å². The molecule has 0 bridgehead atoms. The lowest BCUT2D eigenvalue weighted by atomic mass is 10.1. The van der Waals surface area contributed by atoms with E-state index in [9.17, 15) is 14.4 Å². The zero-order valence-corrected chi connectivity index (χ0v) is 22.5. The number of likely N-dealkylation sites (tertiary alicyclic amines) is 1. The first-order valence-corrected chi connectivity index (χ1v) is 13.4. The lowest BCUT2D eigenvalue weighted by molar-refractivity contribution is -0.129. The topological polar surface area (TPSA) is 136 Å². The van der Waals surface area contributed by atoms with Crippen LogP contribution in [0, 0.1) is 0 Å². The first kappa shape index (κ1) is 25.8. The van der Waals surface area contributed by atoms with Crippen LogP contribution in [-0.2, 0) is 16.1 Å². The molecule has 2 N–H and O–H groups in total. The van der Waals surface area contributed by atoms with Crippen LogP contribution in [0.5, 0.6) is 5.75 Å². The van der Waals surface area contributed by atoms with Crippen molar-refractivity contribution in [1.82, 2.24) is 34.6 Å². The van der Waals surface area contributed by atoms with E-state index in [0.717, 1.165) is 0 Å². The van der Waals surface area contributed by atoms with E-state index >= 15 is 0 Å². The van der Waals surface area contributed by atoms with Crippen LogP contribution in [0.3, 0.4) is 0 Å². The summed E-state index contributed by atoms with van der Waals surface area (Å²) in [5.74, 6) is 0.217. The van der Waals surface area contributed by atoms with Gasteiger partial charge in [-0.05, 0) is 37.1 Å². The number of anilines is 1. The van der Waals surface area contributed by atoms with Crippen molar-refractivity contribution in [2.75, 3.05) is 19.0 Å². The molecule has 0 spiro atoms. The van der Waals surface area contributed by atoms with E-state index in [0.29, 0.717) is 77.7 Å². The molecule has 2 fully saturated rings. The molecular formula is C27H27ClN8O4. The highest BCUT2D eigenvalue weighted by Crippen LogP contribution is 2.36. The van der Waals surface area contributed by atoms with Gasteiger partial charge in [-0.15, -0.1) is 0 Å². The van der Waals surface area contributed by atoms with Crippen molar-refractivity contribution < 1.29 is 19.1 Å². The number of hydrogen-bond acceptors (Lipinski definition) is 7. The quantitative estimate of drug-likeness (QED) is 0.337. The van der Waals surface area contributed by atoms with Gasteiger partial charge in [-0.2, -0.15) is 10.2 Å². The summed E-state index contributed by atoms with van der Waals surface area (Å²) in [5.41, 5.74) is 2.25. The van der Waals surface area contributed by atoms with Gasteiger partial charge in [-0.25, -0.2) is 9.50 Å². The third-order valence-corrected chi connectivity index (χ3v) is 7.54. The fraction of sp³-hybridized carbons (Fsp3) is 0.333. The zero-order chi connectivity index (χ0) is 27.8. The number of halogens is 1. The summed E-state index contributed by atoms with van der Waals surface area (Å²) in [6, 6.07) is 6.76. The lowest BCUT2D eigenvalue weighted by Gasteiger charge is -2.27. The number of methoxy groups -OCH3 is 1. The second-order valence-corrected chi connectivity index (χ2v) is 10.3. The van der Waals surface area contributed by atoms with Gasteiger partial charge in [0.15, 0.2) is 5.65 Å². The van der Waals surface area contributed by atoms with E-state index in [4.69, 9.17) is 21.4 Å². The number of carbonyl (C=O) groups excluding carboxylic acids is 3. The molecule has 2 atom stereocenters. The molecule has 3 aromatic heterocycles. The number of ether oxygens (including phenoxy) is 1. The summed E-state index contributed by atoms with van der Waals surface area (Å²) in [7, 11) is 1.55. The highest BCUT2D eigenvalue weighted by Gasteiger charge is 2.35. The van der Waals surface area contributed by atoms with Gasteiger partial charge in [0.25, 0.3) is 5.91 Å². The maximum atomic E-state index is 13.4. The second-order valence-electron chi connectivity index (χ2n) is 9.90. The third kappa shape index (κ3) is 4.97. The van der Waals surface area contributed by atoms with Gasteiger partial charge in [0.2, 0.25) is 11.8 Å². The Labute approximate surface area is 234 Å². The largest absolute Gasteiger partial charge is 0.496 e. The number of nitrogens with zero attached hydrogens (tertiary/aromatic N) is 6. The summed E-state index contributed by atoms with van der Waals surface area (Å²) in [6.45, 7) is 0.882. The van der Waals surface area contributed by atoms with Crippen LogP contribution < -0.4 is 15.4 Å². The van der Waals surface area contributed by atoms with Gasteiger partial charge in [0.1, 0.15) is 17.0 Å². The van der Waals surface area contributed by atoms with Gasteiger partial charge in [0, 0.05) is 54.6 Å². The Morgan fingerprint density at radius 3 is 2.90 bits per heavy atom. The van der Waals surface area contributed by atoms with E-state index in [1.54, 1.807) is 54.6 Å². The minimum atomic E-state index is -0.398. The number of carbonyl (C=O) groups is 3. The maximum Gasteiger partial charge on any atom is 0.261 e. The first-order chi connectivity index (χ1) is 19.4. The van der Waals surface area contributed by atoms with Crippen LogP contribution >= 0.6 is 11.6 Å². The van der Waals surface area contributed by atoms with Gasteiger partial charge in [-0.3, -0.25) is 19.1 Å². The van der Waals surface area contributed by atoms with Crippen molar-refractivity contribution in [3.8, 4) is 17.0 Å². The molecule has 40 heavy (non-hydrogen) atoms. The van der Waals surface area contributed by atoms with Gasteiger partial charge in [-0.1, -0.05) is 11.6 Å². The van der Waals surface area contributed by atoms with Crippen LogP contribution in [0.25, 0.3) is 16.9 Å². The third-order valence-electron chi connectivity index (χ3n) is 7.30. The molecule has 0 saturated carbocycles. The number of amides is 3. The summed E-state index contributed by atoms with van der Waals surface area (Å²) in [6.07, 6.45) is 8.82. The Morgan fingerprint density at radius 1 is 1.23 bits per heavy atom. The highest BCUT2D eigenvalue weighted by atomic mass is 35.5. The van der Waals surface area contributed by atoms with Crippen molar-refractivity contribution in [2.24, 2.45) is 0 Å². The van der Waals surface area contributed by atoms with E-state index in [-0.39, 0.29) is 23.9 Å². The van der Waals surface area contributed by atoms with E-state index in [1.165, 1.54) is 10.7 Å². The van der Waals surface area contributed by atoms with Crippen LogP contribution in [0.15, 0.2) is 49.1 Å². The predicted molar refractivity (Wildman–Crippen MR) is 146 cm³/mol. The molecule has 0 aliphatic carbocycles. The normalized spacial score (nSPS) is 18.9. The SMILES string of the molecule is COc1ccc(Cl)cc1-c1nn(CC2CCC(=O)N2CC2CCC(=O)N2)cc1NC(=O)c1cnn2cccnc12. The standard InChI is InChI=1S/C27H27ClN8O4/c1-40-22-6-3-16(28)11-19(22)25-21(32-27(39)20-12-30-36-10-2-9-29-26(20)36)15-34(33-25)14-18-5-8-24(38)35(18)13-17-4-7-23(37)31-17/h2-3,6,9-12,15,17-18H,4-5,7-8,13-14H2,1H3,(H,31,37)(H,32,39). The molecule has 2 unspecified atom stereocenters. The Hall–Kier alpha value is -4.45. The summed E-state index contributed by atoms with van der Waals surface area (Å²) >= 11 is 6.33. The Morgan fingerprint density at radius 2 is 2.10 bits per heavy atom. The van der Waals surface area contributed by atoms with Gasteiger partial charge in [0.05, 0.1) is 31.6 Å². The smallest absolute Gasteiger partial charge is 0.261 e. The molecule has 6 rings (SSSR count). The van der Waals surface area contributed by atoms with Crippen LogP contribution in [0.2, 0.25) is 5.02 Å². The minimum absolute atomic E-state index is 0.0159. The maximum absolute atomic E-state index is 13.4. The Kier molecular flexibility index (Phi) is 6.84. The fourth-order valence-corrected chi connectivity index (χ4v) is 5.52. The number of fused-ring (bicyclic) bond motifs is 1. The number of benzene rings is 1. The Bertz CT molecular complexity index is 1620. The summed E-state index contributed by atoms with van der Waals surface area (Å²) in [4.78, 5) is 43.9. The van der Waals surface area contributed by atoms with E-state index in [2.05, 4.69) is 20.7 Å². The molecule has 13 heteroatoms. The molecule has 1 aromatic carbocycles. The molecule has 4 aromatic rings. The summed E-state index contributed by atoms with van der Waals surface area (Å²) in [5, 5.41) is 15.4. The summed E-state index contributed by atoms with van der Waals surface area (Å²) < 4.78 is 8.82. The molecule has 2 saturated heterocycles. The molecule has 3 amide bonds. The monoisotopic (exact) mass is 562 g/mol. The highest BCUT2D eigenvalue weighted by molar-refractivity contribution is 6.31. The van der Waals surface area contributed by atoms with E-state index in [1.807, 2.05) is 4.90 Å². The van der Waals surface area contributed by atoms with Crippen LogP contribution in [-0.4, -0.2) is 72.7 Å². The van der Waals surface area contributed by atoms with Crippen molar-refractivity contribution in [3.63, 3.8) is 0 Å². The average molecular weight is 563 g/mol. The number of nitrogens with one attached hydrogen (secondary N) is 2. The van der Waals surface area contributed by atoms with Gasteiger partial charge < -0.3 is 20.3 Å². The molecule has 12 nitrogen and oxygen atoms in total. The van der Waals surface area contributed by atoms with E-state index < -0.39 is 5.91 Å².